The highest BCUT2D eigenvalue weighted by atomic mass is 32.1. The first-order valence-electron chi connectivity index (χ1n) is 8.55. The van der Waals surface area contributed by atoms with Gasteiger partial charge in [-0.25, -0.2) is 13.8 Å². The van der Waals surface area contributed by atoms with Crippen molar-refractivity contribution >= 4 is 17.2 Å². The predicted octanol–water partition coefficient (Wildman–Crippen LogP) is 2.87. The van der Waals surface area contributed by atoms with Crippen molar-refractivity contribution in [1.82, 2.24) is 14.8 Å². The Morgan fingerprint density at radius 2 is 1.84 bits per heavy atom. The number of piperazine rings is 1. The normalized spacial score (nSPS) is 17.8. The zero-order valence-corrected chi connectivity index (χ0v) is 14.6. The van der Waals surface area contributed by atoms with Gasteiger partial charge in [-0.1, -0.05) is 6.07 Å². The van der Waals surface area contributed by atoms with Gasteiger partial charge in [-0.2, -0.15) is 0 Å². The molecular weight excluding hydrogens is 344 g/mol. The molecule has 4 nitrogen and oxygen atoms in total. The molecule has 1 saturated heterocycles. The number of halogens is 2. The van der Waals surface area contributed by atoms with E-state index in [0.717, 1.165) is 36.5 Å². The van der Waals surface area contributed by atoms with Gasteiger partial charge >= 0.3 is 0 Å². The van der Waals surface area contributed by atoms with Crippen LogP contribution in [-0.2, 0) is 19.4 Å². The molecule has 1 fully saturated rings. The lowest BCUT2D eigenvalue weighted by molar-refractivity contribution is 0.0619. The van der Waals surface area contributed by atoms with E-state index < -0.39 is 23.1 Å². The zero-order valence-electron chi connectivity index (χ0n) is 13.8. The molecule has 25 heavy (non-hydrogen) atoms. The molecule has 2 heterocycles. The maximum Gasteiger partial charge on any atom is 0.259 e. The van der Waals surface area contributed by atoms with Crippen LogP contribution in [0.1, 0.15) is 32.4 Å². The molecule has 1 amide bonds. The average Bonchev–Trinajstić information content (AvgIpc) is 3.16. The summed E-state index contributed by atoms with van der Waals surface area (Å²) in [6.45, 7) is 3.10. The van der Waals surface area contributed by atoms with Gasteiger partial charge < -0.3 is 4.90 Å². The van der Waals surface area contributed by atoms with Gasteiger partial charge in [0.15, 0.2) is 0 Å². The van der Waals surface area contributed by atoms with E-state index in [2.05, 4.69) is 4.90 Å². The lowest BCUT2D eigenvalue weighted by Gasteiger charge is -2.34. The highest BCUT2D eigenvalue weighted by Crippen LogP contribution is 2.28. The fraction of sp³-hybridized carbons (Fsp3) is 0.444. The first-order valence-corrected chi connectivity index (χ1v) is 9.36. The van der Waals surface area contributed by atoms with Crippen LogP contribution >= 0.6 is 11.3 Å². The van der Waals surface area contributed by atoms with Gasteiger partial charge in [0, 0.05) is 31.1 Å². The first-order chi connectivity index (χ1) is 12.1. The molecule has 0 saturated carbocycles. The Kier molecular flexibility index (Phi) is 4.52. The minimum absolute atomic E-state index is 0.452. The lowest BCUT2D eigenvalue weighted by atomic mass is 10.1. The number of aromatic nitrogens is 1. The summed E-state index contributed by atoms with van der Waals surface area (Å²) in [5, 5.41) is 1.13. The van der Waals surface area contributed by atoms with Crippen molar-refractivity contribution in [2.75, 3.05) is 26.2 Å². The van der Waals surface area contributed by atoms with Crippen molar-refractivity contribution in [2.24, 2.45) is 0 Å². The maximum absolute atomic E-state index is 13.8. The topological polar surface area (TPSA) is 36.4 Å². The number of carbonyl (C=O) groups is 1. The minimum Gasteiger partial charge on any atom is -0.336 e. The van der Waals surface area contributed by atoms with Gasteiger partial charge in [0.25, 0.3) is 5.91 Å². The quantitative estimate of drug-likeness (QED) is 0.841. The highest BCUT2D eigenvalue weighted by molar-refractivity contribution is 7.11. The minimum atomic E-state index is -0.801. The van der Waals surface area contributed by atoms with Gasteiger partial charge in [0.05, 0.1) is 12.2 Å². The summed E-state index contributed by atoms with van der Waals surface area (Å²) >= 11 is 1.79. The van der Waals surface area contributed by atoms with Crippen LogP contribution in [0.15, 0.2) is 18.2 Å². The maximum atomic E-state index is 13.8. The van der Waals surface area contributed by atoms with E-state index in [1.165, 1.54) is 28.0 Å². The number of nitrogens with zero attached hydrogens (tertiary/aromatic N) is 3. The first kappa shape index (κ1) is 16.6. The third-order valence-corrected chi connectivity index (χ3v) is 5.98. The third kappa shape index (κ3) is 3.30. The fourth-order valence-corrected chi connectivity index (χ4v) is 4.67. The van der Waals surface area contributed by atoms with Gasteiger partial charge in [0.2, 0.25) is 0 Å². The second kappa shape index (κ2) is 6.80. The van der Waals surface area contributed by atoms with Crippen LogP contribution in [-0.4, -0.2) is 46.9 Å². The Morgan fingerprint density at radius 1 is 1.12 bits per heavy atom. The van der Waals surface area contributed by atoms with E-state index in [0.29, 0.717) is 26.2 Å². The molecule has 0 atom stereocenters. The van der Waals surface area contributed by atoms with E-state index >= 15 is 0 Å². The Morgan fingerprint density at radius 3 is 2.52 bits per heavy atom. The summed E-state index contributed by atoms with van der Waals surface area (Å²) in [5.74, 6) is -2.17. The molecule has 4 rings (SSSR count). The van der Waals surface area contributed by atoms with Crippen LogP contribution < -0.4 is 0 Å². The van der Waals surface area contributed by atoms with Crippen LogP contribution in [0.4, 0.5) is 8.78 Å². The molecule has 0 radical (unpaired) electrons. The number of thiazole rings is 1. The molecule has 0 N–H and O–H groups in total. The van der Waals surface area contributed by atoms with Crippen molar-refractivity contribution in [3.63, 3.8) is 0 Å². The van der Waals surface area contributed by atoms with Gasteiger partial charge in [-0.15, -0.1) is 11.3 Å². The summed E-state index contributed by atoms with van der Waals surface area (Å²) in [7, 11) is 0. The summed E-state index contributed by atoms with van der Waals surface area (Å²) in [6, 6.07) is 3.51. The van der Waals surface area contributed by atoms with Crippen molar-refractivity contribution in [3.05, 3.63) is 51.0 Å². The molecule has 1 aliphatic carbocycles. The number of hydrogen-bond acceptors (Lipinski definition) is 4. The van der Waals surface area contributed by atoms with E-state index in [1.54, 1.807) is 11.3 Å². The summed E-state index contributed by atoms with van der Waals surface area (Å²) in [6.07, 6.45) is 3.44. The van der Waals surface area contributed by atoms with Crippen molar-refractivity contribution in [3.8, 4) is 0 Å². The second-order valence-corrected chi connectivity index (χ2v) is 7.66. The SMILES string of the molecule is O=C(c1c(F)cccc1F)N1CCN(Cc2nc3c(s2)CCC3)CC1. The van der Waals surface area contributed by atoms with Gasteiger partial charge in [-0.05, 0) is 31.4 Å². The molecule has 7 heteroatoms. The highest BCUT2D eigenvalue weighted by Gasteiger charge is 2.27. The third-order valence-electron chi connectivity index (χ3n) is 4.83. The standard InChI is InChI=1S/C18H19F2N3OS/c19-12-3-1-4-13(20)17(12)18(24)23-9-7-22(8-10-23)11-16-21-14-5-2-6-15(14)25-16/h1,3-4H,2,5-11H2. The Bertz CT molecular complexity index is 758. The van der Waals surface area contributed by atoms with Crippen molar-refractivity contribution < 1.29 is 13.6 Å². The fourth-order valence-electron chi connectivity index (χ4n) is 3.47. The molecule has 0 bridgehead atoms. The van der Waals surface area contributed by atoms with Crippen LogP contribution in [0.2, 0.25) is 0 Å². The van der Waals surface area contributed by atoms with E-state index in [9.17, 15) is 13.6 Å². The number of benzene rings is 1. The van der Waals surface area contributed by atoms with Crippen LogP contribution in [0.3, 0.4) is 0 Å². The van der Waals surface area contributed by atoms with E-state index in [-0.39, 0.29) is 0 Å². The molecular formula is C18H19F2N3OS. The molecule has 0 spiro atoms. The monoisotopic (exact) mass is 363 g/mol. The second-order valence-electron chi connectivity index (χ2n) is 6.50. The number of rotatable bonds is 3. The van der Waals surface area contributed by atoms with Crippen molar-refractivity contribution in [1.29, 1.82) is 0 Å². The Hall–Kier alpha value is -1.86. The van der Waals surface area contributed by atoms with Crippen LogP contribution in [0.5, 0.6) is 0 Å². The Balaban J connectivity index is 1.37. The summed E-state index contributed by atoms with van der Waals surface area (Å²) in [5.41, 5.74) is 0.802. The molecule has 1 aliphatic heterocycles. The zero-order chi connectivity index (χ0) is 17.4. The number of carbonyl (C=O) groups excluding carboxylic acids is 1. The number of fused-ring (bicyclic) bond motifs is 1. The summed E-state index contributed by atoms with van der Waals surface area (Å²) in [4.78, 5) is 22.3. The van der Waals surface area contributed by atoms with E-state index in [1.807, 2.05) is 0 Å². The van der Waals surface area contributed by atoms with E-state index in [4.69, 9.17) is 4.98 Å². The molecule has 2 aromatic rings. The number of hydrogen-bond donors (Lipinski definition) is 0. The predicted molar refractivity (Wildman–Crippen MR) is 91.7 cm³/mol. The van der Waals surface area contributed by atoms with Gasteiger partial charge in [-0.3, -0.25) is 9.69 Å². The molecule has 132 valence electrons. The number of aryl methyl sites for hydroxylation is 2. The largest absolute Gasteiger partial charge is 0.336 e. The smallest absolute Gasteiger partial charge is 0.259 e. The molecule has 1 aromatic carbocycles. The summed E-state index contributed by atoms with van der Waals surface area (Å²) < 4.78 is 27.6. The molecule has 0 unspecified atom stereocenters. The molecule has 2 aliphatic rings. The van der Waals surface area contributed by atoms with Crippen LogP contribution in [0.25, 0.3) is 0 Å². The Labute approximate surface area is 149 Å². The van der Waals surface area contributed by atoms with Crippen molar-refractivity contribution in [2.45, 2.75) is 25.8 Å². The lowest BCUT2D eigenvalue weighted by Crippen LogP contribution is -2.48. The average molecular weight is 363 g/mol. The number of amides is 1. The van der Waals surface area contributed by atoms with Gasteiger partial charge in [0.1, 0.15) is 22.2 Å². The molecule has 1 aromatic heterocycles. The van der Waals surface area contributed by atoms with Crippen LogP contribution in [0, 0.1) is 11.6 Å².